The van der Waals surface area contributed by atoms with Crippen molar-refractivity contribution in [3.05, 3.63) is 72.9 Å². The van der Waals surface area contributed by atoms with E-state index in [9.17, 15) is 19.4 Å². The van der Waals surface area contributed by atoms with E-state index in [0.717, 1.165) is 77.0 Å². The molecule has 480 valence electrons. The molecule has 8 nitrogen and oxygen atoms in total. The van der Waals surface area contributed by atoms with Crippen molar-refractivity contribution in [3.63, 3.8) is 0 Å². The molecular weight excluding hydrogens is 1030 g/mol. The third kappa shape index (κ3) is 65.5. The number of phosphoric ester groups is 1. The van der Waals surface area contributed by atoms with E-state index in [1.165, 1.54) is 231 Å². The van der Waals surface area contributed by atoms with Crippen molar-refractivity contribution >= 4 is 13.7 Å². The molecule has 0 aromatic carbocycles. The lowest BCUT2D eigenvalue weighted by molar-refractivity contribution is -0.870. The van der Waals surface area contributed by atoms with Gasteiger partial charge in [-0.3, -0.25) is 9.36 Å². The number of rotatable bonds is 65. The summed E-state index contributed by atoms with van der Waals surface area (Å²) in [6, 6.07) is -0.804. The average molecular weight is 1170 g/mol. The van der Waals surface area contributed by atoms with E-state index >= 15 is 0 Å². The molecule has 0 radical (unpaired) electrons. The summed E-state index contributed by atoms with van der Waals surface area (Å²) in [5.41, 5.74) is 0. The number of likely N-dealkylation sites (N-methyl/N-ethyl adjacent to an activating group) is 1. The van der Waals surface area contributed by atoms with Gasteiger partial charge in [0.2, 0.25) is 5.91 Å². The molecule has 2 N–H and O–H groups in total. The number of carbonyl (C=O) groups is 1. The van der Waals surface area contributed by atoms with Crippen LogP contribution in [0.25, 0.3) is 0 Å². The maximum absolute atomic E-state index is 13.1. The number of allylic oxidation sites excluding steroid dienone is 12. The van der Waals surface area contributed by atoms with Gasteiger partial charge in [0.1, 0.15) is 13.2 Å². The van der Waals surface area contributed by atoms with Crippen molar-refractivity contribution in [3.8, 4) is 0 Å². The maximum Gasteiger partial charge on any atom is 0.268 e. The van der Waals surface area contributed by atoms with Gasteiger partial charge in [-0.05, 0) is 64.2 Å². The van der Waals surface area contributed by atoms with Crippen molar-refractivity contribution < 1.29 is 32.9 Å². The Morgan fingerprint density at radius 1 is 0.439 bits per heavy atom. The lowest BCUT2D eigenvalue weighted by Gasteiger charge is -2.30. The van der Waals surface area contributed by atoms with Crippen LogP contribution >= 0.6 is 7.82 Å². The first kappa shape index (κ1) is 79.9. The minimum atomic E-state index is -4.58. The molecule has 3 atom stereocenters. The molecule has 0 aliphatic heterocycles. The molecule has 0 aromatic rings. The van der Waals surface area contributed by atoms with Gasteiger partial charge in [0.05, 0.1) is 39.9 Å². The topological polar surface area (TPSA) is 108 Å². The van der Waals surface area contributed by atoms with Crippen LogP contribution in [0, 0.1) is 0 Å². The molecule has 0 aliphatic carbocycles. The van der Waals surface area contributed by atoms with Gasteiger partial charge >= 0.3 is 0 Å². The SMILES string of the molecule is CC/C=C\C/C=C\C/C=C\C/C=C\C/C=C\C/C=C\CCCCCCCCCCCCCCCCCCC(=O)NC(COP(=O)([O-])OCC[N+](C)(C)C)C(O)CCCCCCCCCCCCCCCCCCCCCCCCCCC. The van der Waals surface area contributed by atoms with Gasteiger partial charge in [0, 0.05) is 6.42 Å². The molecular formula is C73H137N2O6P. The van der Waals surface area contributed by atoms with E-state index in [2.05, 4.69) is 92.1 Å². The molecule has 0 spiro atoms. The number of nitrogens with zero attached hydrogens (tertiary/aromatic N) is 1. The number of hydrogen-bond donors (Lipinski definition) is 2. The van der Waals surface area contributed by atoms with Crippen LogP contribution in [0.3, 0.4) is 0 Å². The van der Waals surface area contributed by atoms with E-state index in [0.29, 0.717) is 23.9 Å². The summed E-state index contributed by atoms with van der Waals surface area (Å²) in [7, 11) is 1.31. The molecule has 0 aromatic heterocycles. The minimum absolute atomic E-state index is 0.0118. The Labute approximate surface area is 510 Å². The van der Waals surface area contributed by atoms with Crippen LogP contribution in [0.2, 0.25) is 0 Å². The highest BCUT2D eigenvalue weighted by Crippen LogP contribution is 2.38. The molecule has 1 amide bonds. The summed E-state index contributed by atoms with van der Waals surface area (Å²) in [6.45, 7) is 4.65. The van der Waals surface area contributed by atoms with E-state index in [-0.39, 0.29) is 19.1 Å². The van der Waals surface area contributed by atoms with E-state index in [1.807, 2.05) is 21.1 Å². The Bertz CT molecular complexity index is 1570. The fourth-order valence-corrected chi connectivity index (χ4v) is 11.2. The van der Waals surface area contributed by atoms with Crippen LogP contribution in [-0.4, -0.2) is 68.5 Å². The second kappa shape index (κ2) is 63.4. The molecule has 0 heterocycles. The normalized spacial score (nSPS) is 14.1. The van der Waals surface area contributed by atoms with Gasteiger partial charge in [-0.15, -0.1) is 0 Å². The van der Waals surface area contributed by atoms with E-state index in [4.69, 9.17) is 9.05 Å². The van der Waals surface area contributed by atoms with Crippen molar-refractivity contribution in [2.75, 3.05) is 40.9 Å². The van der Waals surface area contributed by atoms with Crippen LogP contribution < -0.4 is 10.2 Å². The van der Waals surface area contributed by atoms with E-state index in [1.54, 1.807) is 0 Å². The first-order valence-corrected chi connectivity index (χ1v) is 36.7. The highest BCUT2D eigenvalue weighted by atomic mass is 31.2. The van der Waals surface area contributed by atoms with Crippen LogP contribution in [-0.2, 0) is 18.4 Å². The molecule has 0 saturated carbocycles. The number of phosphoric acid groups is 1. The van der Waals surface area contributed by atoms with Gasteiger partial charge in [0.25, 0.3) is 7.82 Å². The molecule has 0 bridgehead atoms. The lowest BCUT2D eigenvalue weighted by atomic mass is 10.0. The summed E-state index contributed by atoms with van der Waals surface area (Å²) in [5.74, 6) is -0.161. The third-order valence-electron chi connectivity index (χ3n) is 16.0. The number of amides is 1. The van der Waals surface area contributed by atoms with Gasteiger partial charge in [-0.1, -0.05) is 337 Å². The predicted molar refractivity (Wildman–Crippen MR) is 357 cm³/mol. The van der Waals surface area contributed by atoms with Crippen molar-refractivity contribution in [2.24, 2.45) is 0 Å². The van der Waals surface area contributed by atoms with Crippen molar-refractivity contribution in [1.29, 1.82) is 0 Å². The van der Waals surface area contributed by atoms with Crippen LogP contribution in [0.4, 0.5) is 0 Å². The minimum Gasteiger partial charge on any atom is -0.756 e. The quantitative estimate of drug-likeness (QED) is 0.0272. The van der Waals surface area contributed by atoms with Crippen LogP contribution in [0.15, 0.2) is 72.9 Å². The van der Waals surface area contributed by atoms with Crippen LogP contribution in [0.1, 0.15) is 335 Å². The lowest BCUT2D eigenvalue weighted by Crippen LogP contribution is -2.46. The van der Waals surface area contributed by atoms with Gasteiger partial charge in [-0.2, -0.15) is 0 Å². The maximum atomic E-state index is 13.1. The molecule has 3 unspecified atom stereocenters. The van der Waals surface area contributed by atoms with Gasteiger partial charge in [0.15, 0.2) is 0 Å². The summed E-state index contributed by atoms with van der Waals surface area (Å²) in [5, 5.41) is 14.1. The highest BCUT2D eigenvalue weighted by molar-refractivity contribution is 7.45. The summed E-state index contributed by atoms with van der Waals surface area (Å²) in [6.07, 6.45) is 88.3. The molecule has 0 fully saturated rings. The molecule has 0 rings (SSSR count). The number of nitrogens with one attached hydrogen (secondary N) is 1. The average Bonchev–Trinajstić information content (AvgIpc) is 3.45. The van der Waals surface area contributed by atoms with Gasteiger partial charge < -0.3 is 28.8 Å². The van der Waals surface area contributed by atoms with Crippen LogP contribution in [0.5, 0.6) is 0 Å². The standard InChI is InChI=1S/C73H137N2O6P/c1-6-8-10-12-14-16-18-20-22-24-26-28-30-32-33-34-35-36-37-38-39-40-41-43-45-47-49-51-53-55-57-59-61-63-65-67-73(77)74-71(70-81-82(78,79)80-69-68-75(3,4)5)72(76)66-64-62-60-58-56-54-52-50-48-46-44-42-31-29-27-25-23-21-19-17-15-13-11-9-7-2/h8,10,14,16,20,22,26,28,32-33,35-36,71-72,76H,6-7,9,11-13,15,17-19,21,23-25,27,29-31,34,37-70H2,1-5H3,(H-,74,77,78,79)/b10-8-,16-14-,22-20-,28-26-,33-32-,36-35-. The number of carbonyl (C=O) groups excluding carboxylic acids is 1. The fourth-order valence-electron chi connectivity index (χ4n) is 10.5. The zero-order valence-electron chi connectivity index (χ0n) is 54.9. The van der Waals surface area contributed by atoms with Gasteiger partial charge in [-0.25, -0.2) is 0 Å². The number of unbranched alkanes of at least 4 members (excludes halogenated alkanes) is 40. The Morgan fingerprint density at radius 2 is 0.744 bits per heavy atom. The summed E-state index contributed by atoms with van der Waals surface area (Å²) < 4.78 is 23.5. The zero-order chi connectivity index (χ0) is 59.8. The third-order valence-corrected chi connectivity index (χ3v) is 16.9. The predicted octanol–water partition coefficient (Wildman–Crippen LogP) is 21.9. The number of aliphatic hydroxyl groups is 1. The smallest absolute Gasteiger partial charge is 0.268 e. The number of aliphatic hydroxyl groups excluding tert-OH is 1. The first-order chi connectivity index (χ1) is 40.0. The second-order valence-electron chi connectivity index (χ2n) is 25.2. The Hall–Kier alpha value is -2.06. The Balaban J connectivity index is 4.02. The first-order valence-electron chi connectivity index (χ1n) is 35.3. The van der Waals surface area contributed by atoms with Crippen molar-refractivity contribution in [1.82, 2.24) is 5.32 Å². The monoisotopic (exact) mass is 1170 g/mol. The zero-order valence-corrected chi connectivity index (χ0v) is 55.8. The highest BCUT2D eigenvalue weighted by Gasteiger charge is 2.24. The molecule has 0 aliphatic rings. The summed E-state index contributed by atoms with van der Waals surface area (Å²) in [4.78, 5) is 25.7. The number of hydrogen-bond acceptors (Lipinski definition) is 6. The molecule has 9 heteroatoms. The second-order valence-corrected chi connectivity index (χ2v) is 26.6. The summed E-state index contributed by atoms with van der Waals surface area (Å²) >= 11 is 0. The Kier molecular flexibility index (Phi) is 61.8. The van der Waals surface area contributed by atoms with E-state index < -0.39 is 20.0 Å². The molecule has 0 saturated heterocycles. The number of quaternary nitrogens is 1. The molecule has 82 heavy (non-hydrogen) atoms. The largest absolute Gasteiger partial charge is 0.756 e. The fraction of sp³-hybridized carbons (Fsp3) is 0.822. The Morgan fingerprint density at radius 3 is 1.09 bits per heavy atom. The van der Waals surface area contributed by atoms with Crippen molar-refractivity contribution in [2.45, 2.75) is 347 Å².